The average Bonchev–Trinajstić information content (AvgIpc) is 2.03. The van der Waals surface area contributed by atoms with Crippen LogP contribution in [0, 0.1) is 0 Å². The molecule has 2 nitrogen and oxygen atoms in total. The summed E-state index contributed by atoms with van der Waals surface area (Å²) in [5.74, 6) is 0. The second-order valence-corrected chi connectivity index (χ2v) is 2.42. The summed E-state index contributed by atoms with van der Waals surface area (Å²) in [4.78, 5) is 3.86. The average molecular weight is 145 g/mol. The second kappa shape index (κ2) is 2.23. The maximum Gasteiger partial charge on any atom is 0.0840 e. The highest BCUT2D eigenvalue weighted by Crippen LogP contribution is 2.14. The van der Waals surface area contributed by atoms with Crippen molar-refractivity contribution in [2.45, 2.75) is 0 Å². The first-order valence-corrected chi connectivity index (χ1v) is 3.37. The molecule has 1 aromatic heterocycles. The molecule has 0 atom stereocenters. The molecule has 0 aliphatic heterocycles. The minimum Gasteiger partial charge on any atom is -0.399 e. The number of fused-ring (bicyclic) bond motifs is 1. The second-order valence-electron chi connectivity index (χ2n) is 2.42. The standard InChI is InChI=1S/C9H8N2/c10-9-2-1-8-6-11-4-3-7(8)5-9/h1-6H,10H2/i4D. The molecule has 0 amide bonds. The minimum atomic E-state index is 0.271. The number of benzene rings is 1. The van der Waals surface area contributed by atoms with E-state index >= 15 is 0 Å². The molecule has 0 saturated carbocycles. The first kappa shape index (κ1) is 5.13. The van der Waals surface area contributed by atoms with Crippen LogP contribution >= 0.6 is 0 Å². The molecule has 2 N–H and O–H groups in total. The molecule has 0 fully saturated rings. The molecular formula is C9H8N2. The summed E-state index contributed by atoms with van der Waals surface area (Å²) < 4.78 is 7.30. The van der Waals surface area contributed by atoms with Gasteiger partial charge < -0.3 is 5.73 Å². The molecule has 1 heterocycles. The van der Waals surface area contributed by atoms with Gasteiger partial charge in [-0.1, -0.05) is 6.07 Å². The van der Waals surface area contributed by atoms with Gasteiger partial charge in [0.15, 0.2) is 0 Å². The zero-order chi connectivity index (χ0) is 8.55. The van der Waals surface area contributed by atoms with E-state index in [0.717, 1.165) is 10.8 Å². The number of aromatic nitrogens is 1. The fourth-order valence-corrected chi connectivity index (χ4v) is 1.05. The van der Waals surface area contributed by atoms with Gasteiger partial charge in [0.25, 0.3) is 0 Å². The van der Waals surface area contributed by atoms with Gasteiger partial charge in [0.1, 0.15) is 0 Å². The predicted molar refractivity (Wildman–Crippen MR) is 46.2 cm³/mol. The summed E-state index contributed by atoms with van der Waals surface area (Å²) in [7, 11) is 0. The molecule has 2 rings (SSSR count). The van der Waals surface area contributed by atoms with E-state index in [0.29, 0.717) is 5.69 Å². The number of nitrogen functional groups attached to an aromatic ring is 1. The number of anilines is 1. The largest absolute Gasteiger partial charge is 0.399 e. The van der Waals surface area contributed by atoms with Gasteiger partial charge in [-0.05, 0) is 23.6 Å². The highest BCUT2D eigenvalue weighted by molar-refractivity contribution is 5.84. The summed E-state index contributed by atoms with van der Waals surface area (Å²) in [5, 5.41) is 1.98. The highest BCUT2D eigenvalue weighted by Gasteiger charge is 1.90. The number of nitrogens with two attached hydrogens (primary N) is 1. The van der Waals surface area contributed by atoms with Gasteiger partial charge in [0.2, 0.25) is 0 Å². The van der Waals surface area contributed by atoms with E-state index in [1.807, 2.05) is 18.2 Å². The maximum atomic E-state index is 7.30. The topological polar surface area (TPSA) is 38.9 Å². The normalized spacial score (nSPS) is 11.5. The van der Waals surface area contributed by atoms with Crippen molar-refractivity contribution < 1.29 is 1.37 Å². The third-order valence-corrected chi connectivity index (χ3v) is 1.61. The zero-order valence-corrected chi connectivity index (χ0v) is 5.91. The summed E-state index contributed by atoms with van der Waals surface area (Å²) >= 11 is 0. The quantitative estimate of drug-likeness (QED) is 0.574. The number of hydrogen-bond donors (Lipinski definition) is 1. The lowest BCUT2D eigenvalue weighted by Gasteiger charge is -1.96. The lowest BCUT2D eigenvalue weighted by Crippen LogP contribution is -1.83. The van der Waals surface area contributed by atoms with Crippen LogP contribution in [0.4, 0.5) is 5.69 Å². The van der Waals surface area contributed by atoms with Crippen LogP contribution in [0.5, 0.6) is 0 Å². The van der Waals surface area contributed by atoms with Gasteiger partial charge in [0.05, 0.1) is 1.37 Å². The predicted octanol–water partition coefficient (Wildman–Crippen LogP) is 1.82. The fourth-order valence-electron chi connectivity index (χ4n) is 1.05. The first-order valence-electron chi connectivity index (χ1n) is 3.87. The zero-order valence-electron chi connectivity index (χ0n) is 6.91. The van der Waals surface area contributed by atoms with Crippen molar-refractivity contribution in [1.29, 1.82) is 0 Å². The van der Waals surface area contributed by atoms with Crippen LogP contribution in [0.1, 0.15) is 1.37 Å². The van der Waals surface area contributed by atoms with Gasteiger partial charge in [-0.25, -0.2) is 0 Å². The Morgan fingerprint density at radius 1 is 1.27 bits per heavy atom. The summed E-state index contributed by atoms with van der Waals surface area (Å²) in [6, 6.07) is 7.27. The molecule has 0 aliphatic carbocycles. The Kier molecular flexibility index (Phi) is 1.04. The minimum absolute atomic E-state index is 0.271. The number of rotatable bonds is 0. The SMILES string of the molecule is [2H]c1cc2cc(N)ccc2cn1. The van der Waals surface area contributed by atoms with Gasteiger partial charge in [-0.15, -0.1) is 0 Å². The van der Waals surface area contributed by atoms with Gasteiger partial charge in [-0.3, -0.25) is 4.98 Å². The third-order valence-electron chi connectivity index (χ3n) is 1.61. The molecule has 1 aromatic carbocycles. The Bertz CT molecular complexity index is 389. The van der Waals surface area contributed by atoms with E-state index in [4.69, 9.17) is 7.10 Å². The number of pyridine rings is 1. The molecule has 0 unspecified atom stereocenters. The Morgan fingerprint density at radius 3 is 3.09 bits per heavy atom. The van der Waals surface area contributed by atoms with Gasteiger partial charge in [0, 0.05) is 23.4 Å². The summed E-state index contributed by atoms with van der Waals surface area (Å²) in [6.45, 7) is 0. The Labute approximate surface area is 66.1 Å². The molecule has 0 aliphatic rings. The summed E-state index contributed by atoms with van der Waals surface area (Å²) in [6.07, 6.45) is 1.95. The van der Waals surface area contributed by atoms with Crippen molar-refractivity contribution in [3.05, 3.63) is 36.6 Å². The molecule has 0 saturated heterocycles. The first-order chi connectivity index (χ1) is 5.75. The van der Waals surface area contributed by atoms with E-state index in [-0.39, 0.29) is 6.17 Å². The maximum absolute atomic E-state index is 7.30. The highest BCUT2D eigenvalue weighted by atomic mass is 14.6. The van der Waals surface area contributed by atoms with Crippen molar-refractivity contribution >= 4 is 16.5 Å². The van der Waals surface area contributed by atoms with Crippen LogP contribution in [-0.4, -0.2) is 4.98 Å². The number of nitrogens with zero attached hydrogens (tertiary/aromatic N) is 1. The van der Waals surface area contributed by atoms with Gasteiger partial charge in [-0.2, -0.15) is 0 Å². The lowest BCUT2D eigenvalue weighted by molar-refractivity contribution is 1.36. The van der Waals surface area contributed by atoms with Crippen LogP contribution in [0.25, 0.3) is 10.8 Å². The van der Waals surface area contributed by atoms with Crippen molar-refractivity contribution in [2.75, 3.05) is 5.73 Å². The van der Waals surface area contributed by atoms with Crippen molar-refractivity contribution in [3.63, 3.8) is 0 Å². The molecule has 2 heteroatoms. The monoisotopic (exact) mass is 145 g/mol. The summed E-state index contributed by atoms with van der Waals surface area (Å²) in [5.41, 5.74) is 6.31. The van der Waals surface area contributed by atoms with Crippen LogP contribution in [-0.2, 0) is 0 Å². The van der Waals surface area contributed by atoms with E-state index in [1.165, 1.54) is 0 Å². The molecule has 11 heavy (non-hydrogen) atoms. The third kappa shape index (κ3) is 1.03. The number of hydrogen-bond acceptors (Lipinski definition) is 2. The van der Waals surface area contributed by atoms with Crippen LogP contribution in [0.3, 0.4) is 0 Å². The Balaban J connectivity index is 2.80. The van der Waals surface area contributed by atoms with Crippen LogP contribution < -0.4 is 5.73 Å². The Morgan fingerprint density at radius 2 is 2.18 bits per heavy atom. The molecule has 54 valence electrons. The lowest BCUT2D eigenvalue weighted by atomic mass is 10.2. The van der Waals surface area contributed by atoms with Crippen molar-refractivity contribution in [3.8, 4) is 0 Å². The van der Waals surface area contributed by atoms with E-state index in [9.17, 15) is 0 Å². The van der Waals surface area contributed by atoms with E-state index < -0.39 is 0 Å². The van der Waals surface area contributed by atoms with Crippen molar-refractivity contribution in [2.24, 2.45) is 0 Å². The van der Waals surface area contributed by atoms with E-state index in [2.05, 4.69) is 4.98 Å². The van der Waals surface area contributed by atoms with E-state index in [1.54, 1.807) is 12.3 Å². The Hall–Kier alpha value is -1.57. The molecular weight excluding hydrogens is 136 g/mol. The van der Waals surface area contributed by atoms with Crippen LogP contribution in [0.2, 0.25) is 0 Å². The molecule has 2 aromatic rings. The van der Waals surface area contributed by atoms with Crippen molar-refractivity contribution in [1.82, 2.24) is 4.98 Å². The molecule has 0 spiro atoms. The smallest absolute Gasteiger partial charge is 0.0840 e. The molecule has 0 radical (unpaired) electrons. The van der Waals surface area contributed by atoms with Crippen LogP contribution in [0.15, 0.2) is 36.6 Å². The van der Waals surface area contributed by atoms with Gasteiger partial charge >= 0.3 is 0 Å². The molecule has 0 bridgehead atoms. The fraction of sp³-hybridized carbons (Fsp3) is 0.